The third-order valence-corrected chi connectivity index (χ3v) is 5.13. The first-order valence-corrected chi connectivity index (χ1v) is 10.6. The zero-order chi connectivity index (χ0) is 22.6. The number of pyridine rings is 1. The zero-order valence-electron chi connectivity index (χ0n) is 19.2. The van der Waals surface area contributed by atoms with E-state index in [1.165, 1.54) is 0 Å². The first-order chi connectivity index (χ1) is 15.4. The van der Waals surface area contributed by atoms with E-state index in [2.05, 4.69) is 63.7 Å². The Morgan fingerprint density at radius 1 is 0.909 bits per heavy atom. The predicted molar refractivity (Wildman–Crippen MR) is 127 cm³/mol. The number of aromatic nitrogens is 5. The van der Waals surface area contributed by atoms with Gasteiger partial charge in [0.25, 0.3) is 0 Å². The molecule has 5 aromatic rings. The number of fused-ring (bicyclic) bond motifs is 1. The first-order valence-electron chi connectivity index (χ1n) is 10.6. The van der Waals surface area contributed by atoms with Crippen LogP contribution in [0.5, 0.6) is 0 Å². The van der Waals surface area contributed by atoms with Crippen LogP contribution < -0.4 is 9.67 Å². The van der Waals surface area contributed by atoms with E-state index in [1.807, 2.05) is 73.9 Å². The summed E-state index contributed by atoms with van der Waals surface area (Å²) in [4.78, 5) is 8.58. The van der Waals surface area contributed by atoms with Crippen LogP contribution in [-0.4, -0.2) is 15.1 Å². The largest absolute Gasteiger partial charge is 0.570 e. The summed E-state index contributed by atoms with van der Waals surface area (Å²) in [5.74, 6) is 0. The molecule has 5 rings (SSSR count). The number of hydrogen-bond acceptors (Lipinski definition) is 3. The molecule has 0 unspecified atom stereocenters. The molecule has 0 aliphatic carbocycles. The molecule has 2 aromatic carbocycles. The Hall–Kier alpha value is -3.21. The van der Waals surface area contributed by atoms with E-state index in [0.29, 0.717) is 0 Å². The van der Waals surface area contributed by atoms with Crippen molar-refractivity contribution in [2.45, 2.75) is 26.2 Å². The van der Waals surface area contributed by atoms with E-state index in [0.717, 1.165) is 39.2 Å². The Balaban J connectivity index is 0.000000180. The van der Waals surface area contributed by atoms with Gasteiger partial charge in [-0.15, -0.1) is 35.9 Å². The normalized spacial score (nSPS) is 10.8. The molecule has 0 bridgehead atoms. The van der Waals surface area contributed by atoms with Gasteiger partial charge in [-0.25, -0.2) is 9.55 Å². The van der Waals surface area contributed by atoms with Crippen molar-refractivity contribution in [3.63, 3.8) is 0 Å². The van der Waals surface area contributed by atoms with E-state index in [9.17, 15) is 0 Å². The molecule has 169 valence electrons. The van der Waals surface area contributed by atoms with Crippen LogP contribution in [0.1, 0.15) is 26.5 Å². The van der Waals surface area contributed by atoms with Gasteiger partial charge in [0.1, 0.15) is 13.4 Å². The fourth-order valence-corrected chi connectivity index (χ4v) is 3.34. The van der Waals surface area contributed by atoms with Crippen LogP contribution in [0, 0.1) is 6.07 Å². The van der Waals surface area contributed by atoms with Crippen LogP contribution >= 0.6 is 0 Å². The fourth-order valence-electron chi connectivity index (χ4n) is 3.34. The standard InChI is InChI=1S/C14H9N2.C13H17N3.Ir/c1-2-6-11(7-3-1)14-12-8-4-5-9-13(12)15-10-16-14;1-13(2,3)12-9-10(14-15-12)11-7-5-6-8-16(11)4;/h1-6,8-10H;5-9H,1-4H3;/q-1;;. The molecule has 0 saturated heterocycles. The first kappa shape index (κ1) is 24.4. The molecule has 33 heavy (non-hydrogen) atoms. The van der Waals surface area contributed by atoms with Crippen molar-refractivity contribution >= 4 is 10.9 Å². The van der Waals surface area contributed by atoms with E-state index >= 15 is 0 Å². The molecule has 0 fully saturated rings. The SMILES string of the molecule is C[n+]1ccccc1-c1cc(C(C)(C)C)n[n-]1.[Ir].[c-]1ccccc1-c1ncnc2ccccc12. The van der Waals surface area contributed by atoms with E-state index < -0.39 is 0 Å². The third-order valence-electron chi connectivity index (χ3n) is 5.13. The molecule has 0 amide bonds. The summed E-state index contributed by atoms with van der Waals surface area (Å²) in [6.45, 7) is 6.43. The summed E-state index contributed by atoms with van der Waals surface area (Å²) < 4.78 is 2.05. The average molecular weight is 613 g/mol. The molecule has 0 N–H and O–H groups in total. The summed E-state index contributed by atoms with van der Waals surface area (Å²) in [7, 11) is 2.01. The molecule has 5 nitrogen and oxygen atoms in total. The molecule has 3 aromatic heterocycles. The quantitative estimate of drug-likeness (QED) is 0.210. The van der Waals surface area contributed by atoms with Gasteiger partial charge in [0.15, 0.2) is 11.9 Å². The van der Waals surface area contributed by atoms with Crippen molar-refractivity contribution in [2.24, 2.45) is 7.05 Å². The van der Waals surface area contributed by atoms with Crippen LogP contribution in [0.3, 0.4) is 0 Å². The summed E-state index contributed by atoms with van der Waals surface area (Å²) in [6, 6.07) is 27.2. The van der Waals surface area contributed by atoms with Gasteiger partial charge >= 0.3 is 0 Å². The van der Waals surface area contributed by atoms with Crippen molar-refractivity contribution in [2.75, 3.05) is 0 Å². The van der Waals surface area contributed by atoms with Gasteiger partial charge in [-0.2, -0.15) is 0 Å². The second kappa shape index (κ2) is 10.6. The maximum absolute atomic E-state index is 4.33. The topological polar surface area (TPSA) is 56.7 Å². The van der Waals surface area contributed by atoms with Gasteiger partial charge in [-0.3, -0.25) is 4.98 Å². The Morgan fingerprint density at radius 3 is 2.36 bits per heavy atom. The molecule has 0 saturated carbocycles. The van der Waals surface area contributed by atoms with Crippen LogP contribution in [0.2, 0.25) is 0 Å². The Bertz CT molecular complexity index is 1320. The molecule has 6 heteroatoms. The Kier molecular flexibility index (Phi) is 7.85. The average Bonchev–Trinajstić information content (AvgIpc) is 3.31. The number of para-hydroxylation sites is 1. The second-order valence-corrected chi connectivity index (χ2v) is 8.58. The number of nitrogens with zero attached hydrogens (tertiary/aromatic N) is 5. The van der Waals surface area contributed by atoms with E-state index in [1.54, 1.807) is 6.33 Å². The van der Waals surface area contributed by atoms with Gasteiger partial charge in [-0.1, -0.05) is 39.0 Å². The third kappa shape index (κ3) is 5.78. The minimum absolute atomic E-state index is 0. The minimum Gasteiger partial charge on any atom is -0.570 e. The van der Waals surface area contributed by atoms with Gasteiger partial charge in [0.05, 0.1) is 5.52 Å². The van der Waals surface area contributed by atoms with Gasteiger partial charge in [-0.05, 0) is 35.0 Å². The maximum Gasteiger partial charge on any atom is 0.191 e. The van der Waals surface area contributed by atoms with Gasteiger partial charge in [0.2, 0.25) is 0 Å². The van der Waals surface area contributed by atoms with Crippen molar-refractivity contribution in [3.8, 4) is 22.6 Å². The Morgan fingerprint density at radius 2 is 1.67 bits per heavy atom. The monoisotopic (exact) mass is 613 g/mol. The number of hydrogen-bond donors (Lipinski definition) is 0. The molecule has 0 aliphatic heterocycles. The number of aryl methyl sites for hydroxylation is 1. The molecule has 1 radical (unpaired) electrons. The molecular weight excluding hydrogens is 587 g/mol. The van der Waals surface area contributed by atoms with Crippen LogP contribution in [0.25, 0.3) is 33.5 Å². The maximum atomic E-state index is 4.33. The van der Waals surface area contributed by atoms with E-state index in [4.69, 9.17) is 0 Å². The predicted octanol–water partition coefficient (Wildman–Crippen LogP) is 4.92. The van der Waals surface area contributed by atoms with Crippen LogP contribution in [0.15, 0.2) is 85.3 Å². The molecule has 0 atom stereocenters. The smallest absolute Gasteiger partial charge is 0.191 e. The summed E-state index contributed by atoms with van der Waals surface area (Å²) in [5.41, 5.74) is 6.01. The van der Waals surface area contributed by atoms with Gasteiger partial charge < -0.3 is 10.2 Å². The van der Waals surface area contributed by atoms with Crippen molar-refractivity contribution in [3.05, 3.63) is 97.1 Å². The molecule has 0 aliphatic rings. The summed E-state index contributed by atoms with van der Waals surface area (Å²) in [6.07, 6.45) is 3.61. The number of benzene rings is 2. The second-order valence-electron chi connectivity index (χ2n) is 8.58. The molecular formula is C27H26IrN5-. The summed E-state index contributed by atoms with van der Waals surface area (Å²) in [5, 5.41) is 9.55. The van der Waals surface area contributed by atoms with Crippen LogP contribution in [0.4, 0.5) is 0 Å². The zero-order valence-corrected chi connectivity index (χ0v) is 21.5. The van der Waals surface area contributed by atoms with E-state index in [-0.39, 0.29) is 25.5 Å². The van der Waals surface area contributed by atoms with Crippen molar-refractivity contribution in [1.82, 2.24) is 20.2 Å². The summed E-state index contributed by atoms with van der Waals surface area (Å²) >= 11 is 0. The van der Waals surface area contributed by atoms with Crippen molar-refractivity contribution < 1.29 is 24.7 Å². The molecule has 0 spiro atoms. The van der Waals surface area contributed by atoms with Gasteiger partial charge in [0, 0.05) is 43.3 Å². The molecule has 3 heterocycles. The fraction of sp³-hybridized carbons (Fsp3) is 0.185. The van der Waals surface area contributed by atoms with Crippen LogP contribution in [-0.2, 0) is 32.6 Å². The van der Waals surface area contributed by atoms with Crippen molar-refractivity contribution in [1.29, 1.82) is 0 Å². The minimum atomic E-state index is 0. The number of rotatable bonds is 2. The Labute approximate surface area is 208 Å².